The summed E-state index contributed by atoms with van der Waals surface area (Å²) in [6, 6.07) is 5.66. The number of aromatic nitrogens is 3. The fourth-order valence-corrected chi connectivity index (χ4v) is 2.53. The fourth-order valence-electron chi connectivity index (χ4n) is 1.81. The molecule has 0 aromatic carbocycles. The van der Waals surface area contributed by atoms with E-state index in [2.05, 4.69) is 10.1 Å². The Hall–Kier alpha value is -2.47. The summed E-state index contributed by atoms with van der Waals surface area (Å²) in [5.41, 5.74) is 2.10. The van der Waals surface area contributed by atoms with E-state index in [1.165, 1.54) is 6.08 Å². The SMILES string of the molecule is O=C(O)/C=C/c1c(-c2cccs2)nn2cccnc12. The fraction of sp³-hybridized carbons (Fsp3) is 0. The number of rotatable bonds is 3. The smallest absolute Gasteiger partial charge is 0.328 e. The van der Waals surface area contributed by atoms with Gasteiger partial charge in [0.15, 0.2) is 5.65 Å². The lowest BCUT2D eigenvalue weighted by atomic mass is 10.2. The molecular formula is C13H9N3O2S. The Kier molecular flexibility index (Phi) is 2.85. The Morgan fingerprint density at radius 1 is 1.42 bits per heavy atom. The monoisotopic (exact) mass is 271 g/mol. The molecule has 0 aliphatic heterocycles. The lowest BCUT2D eigenvalue weighted by molar-refractivity contribution is -0.131. The van der Waals surface area contributed by atoms with Gasteiger partial charge in [-0.1, -0.05) is 6.07 Å². The highest BCUT2D eigenvalue weighted by molar-refractivity contribution is 7.13. The summed E-state index contributed by atoms with van der Waals surface area (Å²) in [5.74, 6) is -0.993. The molecule has 3 rings (SSSR count). The van der Waals surface area contributed by atoms with Crippen LogP contribution >= 0.6 is 11.3 Å². The van der Waals surface area contributed by atoms with Crippen LogP contribution in [0.1, 0.15) is 5.56 Å². The molecule has 94 valence electrons. The first kappa shape index (κ1) is 11.6. The van der Waals surface area contributed by atoms with Gasteiger partial charge in [0.2, 0.25) is 0 Å². The zero-order valence-electron chi connectivity index (χ0n) is 9.72. The molecule has 1 N–H and O–H groups in total. The third-order valence-corrected chi connectivity index (χ3v) is 3.45. The summed E-state index contributed by atoms with van der Waals surface area (Å²) in [6.45, 7) is 0. The lowest BCUT2D eigenvalue weighted by Gasteiger charge is -1.93. The summed E-state index contributed by atoms with van der Waals surface area (Å²) < 4.78 is 1.65. The zero-order valence-corrected chi connectivity index (χ0v) is 10.5. The number of thiophene rings is 1. The third-order valence-electron chi connectivity index (χ3n) is 2.58. The minimum atomic E-state index is -0.993. The van der Waals surface area contributed by atoms with E-state index < -0.39 is 5.97 Å². The molecule has 5 nitrogen and oxygen atoms in total. The van der Waals surface area contributed by atoms with E-state index in [-0.39, 0.29) is 0 Å². The number of aliphatic carboxylic acids is 1. The van der Waals surface area contributed by atoms with Gasteiger partial charge in [0.25, 0.3) is 0 Å². The maximum Gasteiger partial charge on any atom is 0.328 e. The van der Waals surface area contributed by atoms with Crippen molar-refractivity contribution in [2.75, 3.05) is 0 Å². The molecule has 0 bridgehead atoms. The largest absolute Gasteiger partial charge is 0.478 e. The first-order chi connectivity index (χ1) is 9.25. The van der Waals surface area contributed by atoms with Crippen molar-refractivity contribution in [2.24, 2.45) is 0 Å². The molecule has 0 saturated carbocycles. The second kappa shape index (κ2) is 4.66. The van der Waals surface area contributed by atoms with Crippen LogP contribution in [0.4, 0.5) is 0 Å². The van der Waals surface area contributed by atoms with Crippen molar-refractivity contribution >= 4 is 29.0 Å². The number of nitrogens with zero attached hydrogens (tertiary/aromatic N) is 3. The second-order valence-corrected chi connectivity index (χ2v) is 4.75. The minimum Gasteiger partial charge on any atom is -0.478 e. The maximum absolute atomic E-state index is 10.7. The van der Waals surface area contributed by atoms with Gasteiger partial charge in [-0.3, -0.25) is 0 Å². The van der Waals surface area contributed by atoms with E-state index in [1.54, 1.807) is 34.3 Å². The Morgan fingerprint density at radius 2 is 2.32 bits per heavy atom. The number of hydrogen-bond donors (Lipinski definition) is 1. The molecule has 0 atom stereocenters. The highest BCUT2D eigenvalue weighted by atomic mass is 32.1. The van der Waals surface area contributed by atoms with Gasteiger partial charge < -0.3 is 5.11 Å². The van der Waals surface area contributed by atoms with Gasteiger partial charge in [-0.15, -0.1) is 11.3 Å². The van der Waals surface area contributed by atoms with Crippen molar-refractivity contribution < 1.29 is 9.90 Å². The van der Waals surface area contributed by atoms with Gasteiger partial charge >= 0.3 is 5.97 Å². The van der Waals surface area contributed by atoms with Crippen LogP contribution in [0.15, 0.2) is 42.0 Å². The summed E-state index contributed by atoms with van der Waals surface area (Å²) in [6.07, 6.45) is 6.08. The van der Waals surface area contributed by atoms with Crippen molar-refractivity contribution in [2.45, 2.75) is 0 Å². The molecule has 0 aliphatic rings. The summed E-state index contributed by atoms with van der Waals surface area (Å²) in [4.78, 5) is 15.9. The predicted octanol–water partition coefficient (Wildman–Crippen LogP) is 2.56. The standard InChI is InChI=1S/C13H9N3O2S/c17-11(18)5-4-9-12(10-3-1-8-19-10)15-16-7-2-6-14-13(9)16/h1-8H,(H,17,18)/b5-4+. The average Bonchev–Trinajstić information content (AvgIpc) is 3.03. The van der Waals surface area contributed by atoms with Crippen LogP contribution in [0, 0.1) is 0 Å². The number of carboxylic acids is 1. The van der Waals surface area contributed by atoms with E-state index in [4.69, 9.17) is 5.11 Å². The lowest BCUT2D eigenvalue weighted by Crippen LogP contribution is -1.88. The van der Waals surface area contributed by atoms with Gasteiger partial charge in [0, 0.05) is 24.0 Å². The van der Waals surface area contributed by atoms with Crippen molar-refractivity contribution in [1.29, 1.82) is 0 Å². The van der Waals surface area contributed by atoms with E-state index in [9.17, 15) is 4.79 Å². The van der Waals surface area contributed by atoms with Crippen molar-refractivity contribution in [3.63, 3.8) is 0 Å². The normalized spacial score (nSPS) is 11.4. The summed E-state index contributed by atoms with van der Waals surface area (Å²) in [7, 11) is 0. The van der Waals surface area contributed by atoms with E-state index in [0.29, 0.717) is 11.2 Å². The van der Waals surface area contributed by atoms with Crippen molar-refractivity contribution in [3.05, 3.63) is 47.6 Å². The van der Waals surface area contributed by atoms with Crippen LogP contribution in [0.25, 0.3) is 22.3 Å². The highest BCUT2D eigenvalue weighted by Gasteiger charge is 2.14. The first-order valence-corrected chi connectivity index (χ1v) is 6.42. The van der Waals surface area contributed by atoms with E-state index in [1.807, 2.05) is 17.5 Å². The van der Waals surface area contributed by atoms with Gasteiger partial charge in [-0.05, 0) is 23.6 Å². The molecule has 3 aromatic rings. The van der Waals surface area contributed by atoms with Crippen LogP contribution in [-0.4, -0.2) is 25.7 Å². The molecule has 0 amide bonds. The quantitative estimate of drug-likeness (QED) is 0.743. The summed E-state index contributed by atoms with van der Waals surface area (Å²) in [5, 5.41) is 15.2. The van der Waals surface area contributed by atoms with Crippen LogP contribution in [0.2, 0.25) is 0 Å². The van der Waals surface area contributed by atoms with Crippen LogP contribution in [0.5, 0.6) is 0 Å². The van der Waals surface area contributed by atoms with Gasteiger partial charge in [0.1, 0.15) is 5.69 Å². The molecule has 0 unspecified atom stereocenters. The molecule has 0 aliphatic carbocycles. The third kappa shape index (κ3) is 2.13. The van der Waals surface area contributed by atoms with Gasteiger partial charge in [-0.25, -0.2) is 14.3 Å². The topological polar surface area (TPSA) is 67.5 Å². The molecule has 0 fully saturated rings. The van der Waals surface area contributed by atoms with Gasteiger partial charge in [0.05, 0.1) is 4.88 Å². The molecule has 3 aromatic heterocycles. The molecule has 6 heteroatoms. The maximum atomic E-state index is 10.7. The van der Waals surface area contributed by atoms with E-state index in [0.717, 1.165) is 16.6 Å². The first-order valence-electron chi connectivity index (χ1n) is 5.54. The van der Waals surface area contributed by atoms with E-state index >= 15 is 0 Å². The molecule has 19 heavy (non-hydrogen) atoms. The van der Waals surface area contributed by atoms with Crippen LogP contribution in [-0.2, 0) is 4.79 Å². The Morgan fingerprint density at radius 3 is 3.05 bits per heavy atom. The average molecular weight is 271 g/mol. The van der Waals surface area contributed by atoms with Crippen LogP contribution in [0.3, 0.4) is 0 Å². The Balaban J connectivity index is 2.25. The molecule has 0 saturated heterocycles. The van der Waals surface area contributed by atoms with Gasteiger partial charge in [-0.2, -0.15) is 5.10 Å². The highest BCUT2D eigenvalue weighted by Crippen LogP contribution is 2.29. The number of fused-ring (bicyclic) bond motifs is 1. The summed E-state index contributed by atoms with van der Waals surface area (Å²) >= 11 is 1.55. The molecule has 0 radical (unpaired) electrons. The van der Waals surface area contributed by atoms with Crippen molar-refractivity contribution in [3.8, 4) is 10.6 Å². The number of carboxylic acid groups (broad SMARTS) is 1. The second-order valence-electron chi connectivity index (χ2n) is 3.80. The predicted molar refractivity (Wildman–Crippen MR) is 73.0 cm³/mol. The zero-order chi connectivity index (χ0) is 13.2. The minimum absolute atomic E-state index is 0.642. The van der Waals surface area contributed by atoms with Crippen molar-refractivity contribution in [1.82, 2.24) is 14.6 Å². The molecule has 0 spiro atoms. The molecule has 3 heterocycles. The number of hydrogen-bond acceptors (Lipinski definition) is 4. The Bertz CT molecular complexity index is 759. The molecular weight excluding hydrogens is 262 g/mol. The van der Waals surface area contributed by atoms with Crippen LogP contribution < -0.4 is 0 Å². The number of carbonyl (C=O) groups is 1. The Labute approximate surface area is 112 Å².